The van der Waals surface area contributed by atoms with Crippen LogP contribution in [0.5, 0.6) is 0 Å². The number of rotatable bonds is 1. The van der Waals surface area contributed by atoms with Crippen LogP contribution in [0, 0.1) is 0 Å². The minimum Gasteiger partial charge on any atom is -0.463 e. The fourth-order valence-electron chi connectivity index (χ4n) is 1.34. The molecule has 0 saturated carbocycles. The predicted molar refractivity (Wildman–Crippen MR) is 51.9 cm³/mol. The zero-order valence-corrected chi connectivity index (χ0v) is 8.23. The van der Waals surface area contributed by atoms with Crippen LogP contribution < -0.4 is 5.32 Å². The lowest BCUT2D eigenvalue weighted by Gasteiger charge is -2.12. The predicted octanol–water partition coefficient (Wildman–Crippen LogP) is 2.42. The lowest BCUT2D eigenvalue weighted by atomic mass is 10.1. The van der Waals surface area contributed by atoms with E-state index >= 15 is 0 Å². The van der Waals surface area contributed by atoms with E-state index in [1.807, 2.05) is 6.07 Å². The highest BCUT2D eigenvalue weighted by Crippen LogP contribution is 2.26. The molecule has 12 heavy (non-hydrogen) atoms. The average molecular weight is 228 g/mol. The second kappa shape index (κ2) is 3.46. The second-order valence-electron chi connectivity index (χ2n) is 2.79. The molecule has 0 spiro atoms. The van der Waals surface area contributed by atoms with Crippen molar-refractivity contribution in [3.63, 3.8) is 0 Å². The van der Waals surface area contributed by atoms with Gasteiger partial charge in [0, 0.05) is 12.1 Å². The summed E-state index contributed by atoms with van der Waals surface area (Å²) in [6.45, 7) is 1.98. The van der Waals surface area contributed by atoms with Gasteiger partial charge in [-0.15, -0.1) is 0 Å². The number of hydrogen-bond acceptors (Lipinski definition) is 2. The highest BCUT2D eigenvalue weighted by molar-refractivity contribution is 9.10. The van der Waals surface area contributed by atoms with Crippen molar-refractivity contribution in [2.24, 2.45) is 0 Å². The monoisotopic (exact) mass is 227 g/mol. The van der Waals surface area contributed by atoms with Crippen LogP contribution in [-0.2, 0) is 0 Å². The molecule has 0 aliphatic carbocycles. The van der Waals surface area contributed by atoms with Crippen LogP contribution in [0.1, 0.15) is 12.2 Å². The van der Waals surface area contributed by atoms with Gasteiger partial charge in [-0.05, 0) is 35.0 Å². The summed E-state index contributed by atoms with van der Waals surface area (Å²) < 4.78 is 6.39. The molecule has 2 heterocycles. The first-order chi connectivity index (χ1) is 5.88. The minimum atomic E-state index is 0.909. The maximum absolute atomic E-state index is 5.35. The molecule has 2 rings (SSSR count). The summed E-state index contributed by atoms with van der Waals surface area (Å²) in [5.41, 5.74) is 1.25. The van der Waals surface area contributed by atoms with Gasteiger partial charge in [-0.3, -0.25) is 0 Å². The van der Waals surface area contributed by atoms with Gasteiger partial charge in [-0.2, -0.15) is 0 Å². The van der Waals surface area contributed by atoms with Crippen LogP contribution >= 0.6 is 15.9 Å². The molecule has 0 unspecified atom stereocenters. The Labute approximate surface area is 79.8 Å². The second-order valence-corrected chi connectivity index (χ2v) is 3.65. The molecular formula is C9H10BrNO. The molecule has 2 nitrogen and oxygen atoms in total. The summed E-state index contributed by atoms with van der Waals surface area (Å²) >= 11 is 3.44. The summed E-state index contributed by atoms with van der Waals surface area (Å²) in [7, 11) is 0. The Hall–Kier alpha value is -0.540. The van der Waals surface area contributed by atoms with Gasteiger partial charge in [0.25, 0.3) is 0 Å². The summed E-state index contributed by atoms with van der Waals surface area (Å²) in [5.74, 6) is 0.960. The molecule has 0 fully saturated rings. The van der Waals surface area contributed by atoms with Crippen LogP contribution in [0.4, 0.5) is 0 Å². The highest BCUT2D eigenvalue weighted by Gasteiger charge is 2.11. The standard InChI is InChI=1S/C9H10BrNO/c10-8-3-5-12-9(8)7-2-1-4-11-6-7/h2-3,5,11H,1,4,6H2. The van der Waals surface area contributed by atoms with Crippen molar-refractivity contribution in [2.75, 3.05) is 13.1 Å². The minimum absolute atomic E-state index is 0.909. The molecule has 0 saturated heterocycles. The van der Waals surface area contributed by atoms with Gasteiger partial charge in [-0.1, -0.05) is 6.08 Å². The van der Waals surface area contributed by atoms with E-state index < -0.39 is 0 Å². The van der Waals surface area contributed by atoms with Crippen molar-refractivity contribution in [1.29, 1.82) is 0 Å². The largest absolute Gasteiger partial charge is 0.463 e. The molecule has 1 aliphatic heterocycles. The lowest BCUT2D eigenvalue weighted by Crippen LogP contribution is -2.21. The third-order valence-electron chi connectivity index (χ3n) is 1.94. The first kappa shape index (κ1) is 8.08. The van der Waals surface area contributed by atoms with Crippen molar-refractivity contribution in [3.05, 3.63) is 28.6 Å². The van der Waals surface area contributed by atoms with Crippen molar-refractivity contribution in [3.8, 4) is 0 Å². The molecule has 1 aromatic heterocycles. The Kier molecular flexibility index (Phi) is 2.33. The molecule has 0 atom stereocenters. The molecular weight excluding hydrogens is 218 g/mol. The third kappa shape index (κ3) is 1.47. The van der Waals surface area contributed by atoms with Crippen molar-refractivity contribution >= 4 is 21.5 Å². The molecule has 1 aliphatic rings. The fraction of sp³-hybridized carbons (Fsp3) is 0.333. The van der Waals surface area contributed by atoms with Gasteiger partial charge in [-0.25, -0.2) is 0 Å². The van der Waals surface area contributed by atoms with E-state index in [0.717, 1.165) is 29.7 Å². The smallest absolute Gasteiger partial charge is 0.144 e. The quantitative estimate of drug-likeness (QED) is 0.798. The van der Waals surface area contributed by atoms with Crippen LogP contribution in [0.3, 0.4) is 0 Å². The van der Waals surface area contributed by atoms with Gasteiger partial charge in [0.15, 0.2) is 0 Å². The Bertz CT molecular complexity index is 303. The molecule has 0 amide bonds. The summed E-state index contributed by atoms with van der Waals surface area (Å²) in [6, 6.07) is 1.92. The number of halogens is 1. The van der Waals surface area contributed by atoms with Gasteiger partial charge in [0.05, 0.1) is 10.7 Å². The summed E-state index contributed by atoms with van der Waals surface area (Å²) in [4.78, 5) is 0. The summed E-state index contributed by atoms with van der Waals surface area (Å²) in [5, 5.41) is 3.30. The lowest BCUT2D eigenvalue weighted by molar-refractivity contribution is 0.545. The molecule has 0 bridgehead atoms. The van der Waals surface area contributed by atoms with Crippen molar-refractivity contribution in [1.82, 2.24) is 5.32 Å². The molecule has 0 aromatic carbocycles. The van der Waals surface area contributed by atoms with Crippen molar-refractivity contribution < 1.29 is 4.42 Å². The van der Waals surface area contributed by atoms with E-state index in [1.54, 1.807) is 6.26 Å². The van der Waals surface area contributed by atoms with E-state index in [0.29, 0.717) is 0 Å². The first-order valence-corrected chi connectivity index (χ1v) is 4.80. The molecule has 3 heteroatoms. The molecule has 0 radical (unpaired) electrons. The molecule has 1 aromatic rings. The summed E-state index contributed by atoms with van der Waals surface area (Å²) in [6.07, 6.45) is 5.01. The maximum atomic E-state index is 5.35. The zero-order chi connectivity index (χ0) is 8.39. The molecule has 64 valence electrons. The van der Waals surface area contributed by atoms with E-state index in [2.05, 4.69) is 27.3 Å². The topological polar surface area (TPSA) is 25.2 Å². The maximum Gasteiger partial charge on any atom is 0.144 e. The average Bonchev–Trinajstić information content (AvgIpc) is 2.53. The van der Waals surface area contributed by atoms with Crippen LogP contribution in [-0.4, -0.2) is 13.1 Å². The zero-order valence-electron chi connectivity index (χ0n) is 6.64. The Morgan fingerprint density at radius 3 is 3.00 bits per heavy atom. The van der Waals surface area contributed by atoms with E-state index in [9.17, 15) is 0 Å². The Morgan fingerprint density at radius 2 is 2.42 bits per heavy atom. The normalized spacial score (nSPS) is 17.6. The van der Waals surface area contributed by atoms with Gasteiger partial charge < -0.3 is 9.73 Å². The number of nitrogens with one attached hydrogen (secondary N) is 1. The van der Waals surface area contributed by atoms with Crippen LogP contribution in [0.15, 0.2) is 27.3 Å². The van der Waals surface area contributed by atoms with E-state index in [-0.39, 0.29) is 0 Å². The van der Waals surface area contributed by atoms with Crippen molar-refractivity contribution in [2.45, 2.75) is 6.42 Å². The third-order valence-corrected chi connectivity index (χ3v) is 2.56. The first-order valence-electron chi connectivity index (χ1n) is 4.01. The van der Waals surface area contributed by atoms with E-state index in [1.165, 1.54) is 5.57 Å². The Morgan fingerprint density at radius 1 is 1.50 bits per heavy atom. The number of hydrogen-bond donors (Lipinski definition) is 1. The van der Waals surface area contributed by atoms with Crippen LogP contribution in [0.25, 0.3) is 5.57 Å². The fourth-order valence-corrected chi connectivity index (χ4v) is 1.80. The highest BCUT2D eigenvalue weighted by atomic mass is 79.9. The van der Waals surface area contributed by atoms with Gasteiger partial charge >= 0.3 is 0 Å². The van der Waals surface area contributed by atoms with E-state index in [4.69, 9.17) is 4.42 Å². The number of furan rings is 1. The van der Waals surface area contributed by atoms with Gasteiger partial charge in [0.1, 0.15) is 5.76 Å². The van der Waals surface area contributed by atoms with Gasteiger partial charge in [0.2, 0.25) is 0 Å². The molecule has 1 N–H and O–H groups in total. The van der Waals surface area contributed by atoms with Crippen LogP contribution in [0.2, 0.25) is 0 Å². The SMILES string of the molecule is Brc1ccoc1C1=CCCNC1. The Balaban J connectivity index is 2.29.